The summed E-state index contributed by atoms with van der Waals surface area (Å²) in [5.74, 6) is 0.786. The van der Waals surface area contributed by atoms with Crippen molar-refractivity contribution in [3.05, 3.63) is 54.1 Å². The number of ether oxygens (including phenoxy) is 2. The average molecular weight is 301 g/mol. The van der Waals surface area contributed by atoms with Gasteiger partial charge in [0.2, 0.25) is 0 Å². The van der Waals surface area contributed by atoms with Gasteiger partial charge in [-0.2, -0.15) is 5.48 Å². The van der Waals surface area contributed by atoms with E-state index in [4.69, 9.17) is 9.47 Å². The predicted molar refractivity (Wildman–Crippen MR) is 83.6 cm³/mol. The summed E-state index contributed by atoms with van der Waals surface area (Å²) in [4.78, 5) is 2.25. The van der Waals surface area contributed by atoms with Crippen LogP contribution in [-0.4, -0.2) is 31.5 Å². The fourth-order valence-corrected chi connectivity index (χ4v) is 2.53. The highest BCUT2D eigenvalue weighted by atomic mass is 16.5. The molecule has 5 heteroatoms. The first-order valence-electron chi connectivity index (χ1n) is 7.48. The molecule has 2 aromatic carbocycles. The molecule has 3 rings (SSSR count). The van der Waals surface area contributed by atoms with Crippen LogP contribution in [0.3, 0.4) is 0 Å². The van der Waals surface area contributed by atoms with Crippen molar-refractivity contribution in [2.75, 3.05) is 31.2 Å². The molecule has 1 saturated heterocycles. The molecule has 22 heavy (non-hydrogen) atoms. The summed E-state index contributed by atoms with van der Waals surface area (Å²) in [5.41, 5.74) is 4.00. The van der Waals surface area contributed by atoms with Crippen LogP contribution in [-0.2, 0) is 11.3 Å². The minimum atomic E-state index is 0.507. The van der Waals surface area contributed by atoms with Crippen molar-refractivity contribution in [3.8, 4) is 5.75 Å². The number of quaternary nitrogens is 1. The van der Waals surface area contributed by atoms with E-state index in [2.05, 4.69) is 4.90 Å². The zero-order valence-electron chi connectivity index (χ0n) is 12.4. The van der Waals surface area contributed by atoms with E-state index in [1.54, 1.807) is 0 Å². The highest BCUT2D eigenvalue weighted by molar-refractivity contribution is 5.62. The Morgan fingerprint density at radius 2 is 1.86 bits per heavy atom. The van der Waals surface area contributed by atoms with Crippen molar-refractivity contribution in [2.24, 2.45) is 0 Å². The van der Waals surface area contributed by atoms with Crippen molar-refractivity contribution in [3.63, 3.8) is 0 Å². The van der Waals surface area contributed by atoms with Crippen molar-refractivity contribution in [1.82, 2.24) is 0 Å². The smallest absolute Gasteiger partial charge is 0.165 e. The van der Waals surface area contributed by atoms with Crippen LogP contribution in [0.5, 0.6) is 5.75 Å². The van der Waals surface area contributed by atoms with Crippen LogP contribution < -0.4 is 15.1 Å². The third kappa shape index (κ3) is 3.57. The van der Waals surface area contributed by atoms with Crippen molar-refractivity contribution >= 4 is 11.4 Å². The van der Waals surface area contributed by atoms with Gasteiger partial charge in [0.05, 0.1) is 18.9 Å². The van der Waals surface area contributed by atoms with Gasteiger partial charge in [-0.1, -0.05) is 30.3 Å². The molecule has 0 bridgehead atoms. The molecule has 2 aromatic rings. The molecule has 0 spiro atoms. The third-order valence-corrected chi connectivity index (χ3v) is 3.72. The molecular weight excluding hydrogens is 280 g/mol. The van der Waals surface area contributed by atoms with Crippen LogP contribution in [0.4, 0.5) is 11.4 Å². The Kier molecular flexibility index (Phi) is 4.90. The minimum absolute atomic E-state index is 0.507. The molecule has 0 aromatic heterocycles. The fourth-order valence-electron chi connectivity index (χ4n) is 2.53. The lowest BCUT2D eigenvalue weighted by molar-refractivity contribution is -0.825. The summed E-state index contributed by atoms with van der Waals surface area (Å²) in [5, 5.41) is 9.23. The predicted octanol–water partition coefficient (Wildman–Crippen LogP) is 1.69. The second-order valence-electron chi connectivity index (χ2n) is 5.23. The molecule has 1 aliphatic rings. The fraction of sp³-hybridized carbons (Fsp3) is 0.294. The minimum Gasteiger partial charge on any atom is -0.486 e. The summed E-state index contributed by atoms with van der Waals surface area (Å²) in [6.45, 7) is 3.67. The Balaban J connectivity index is 1.80. The molecule has 1 fully saturated rings. The second-order valence-corrected chi connectivity index (χ2v) is 5.23. The maximum atomic E-state index is 9.23. The SMILES string of the molecule is O[NH2+]c1ccc(N2CCOCC2)c(OCc2ccccc2)c1. The van der Waals surface area contributed by atoms with Crippen molar-refractivity contribution in [1.29, 1.82) is 0 Å². The molecule has 0 atom stereocenters. The van der Waals surface area contributed by atoms with E-state index in [0.29, 0.717) is 6.61 Å². The molecule has 0 amide bonds. The monoisotopic (exact) mass is 301 g/mol. The highest BCUT2D eigenvalue weighted by Gasteiger charge is 2.17. The molecular formula is C17H21N2O3+. The number of nitrogens with two attached hydrogens (primary N) is 1. The van der Waals surface area contributed by atoms with Gasteiger partial charge in [0.1, 0.15) is 12.4 Å². The maximum absolute atomic E-state index is 9.23. The Morgan fingerprint density at radius 1 is 1.09 bits per heavy atom. The Bertz CT molecular complexity index is 598. The second kappa shape index (κ2) is 7.26. The maximum Gasteiger partial charge on any atom is 0.165 e. The summed E-state index contributed by atoms with van der Waals surface area (Å²) in [6.07, 6.45) is 0. The average Bonchev–Trinajstić information content (AvgIpc) is 2.61. The van der Waals surface area contributed by atoms with Gasteiger partial charge >= 0.3 is 0 Å². The number of hydrogen-bond acceptors (Lipinski definition) is 4. The van der Waals surface area contributed by atoms with Gasteiger partial charge in [-0.05, 0) is 11.6 Å². The van der Waals surface area contributed by atoms with E-state index < -0.39 is 0 Å². The third-order valence-electron chi connectivity index (χ3n) is 3.72. The van der Waals surface area contributed by atoms with Gasteiger partial charge in [0.15, 0.2) is 5.69 Å². The number of anilines is 1. The molecule has 1 aliphatic heterocycles. The Labute approximate surface area is 130 Å². The molecule has 3 N–H and O–H groups in total. The van der Waals surface area contributed by atoms with Crippen LogP contribution in [0.1, 0.15) is 5.56 Å². The van der Waals surface area contributed by atoms with Gasteiger partial charge in [-0.25, -0.2) is 5.21 Å². The number of morpholine rings is 1. The summed E-state index contributed by atoms with van der Waals surface area (Å²) < 4.78 is 11.4. The van der Waals surface area contributed by atoms with E-state index in [0.717, 1.165) is 54.5 Å². The summed E-state index contributed by atoms with van der Waals surface area (Å²) in [7, 11) is 0. The van der Waals surface area contributed by atoms with E-state index in [9.17, 15) is 5.21 Å². The lowest BCUT2D eigenvalue weighted by atomic mass is 10.2. The molecule has 5 nitrogen and oxygen atoms in total. The van der Waals surface area contributed by atoms with Crippen molar-refractivity contribution < 1.29 is 20.2 Å². The van der Waals surface area contributed by atoms with E-state index in [1.165, 1.54) is 0 Å². The largest absolute Gasteiger partial charge is 0.486 e. The number of rotatable bonds is 5. The van der Waals surface area contributed by atoms with E-state index in [-0.39, 0.29) is 0 Å². The van der Waals surface area contributed by atoms with Gasteiger partial charge in [-0.3, -0.25) is 0 Å². The van der Waals surface area contributed by atoms with Crippen LogP contribution in [0.25, 0.3) is 0 Å². The number of benzene rings is 2. The molecule has 0 unspecified atom stereocenters. The molecule has 0 aliphatic carbocycles. The molecule has 0 radical (unpaired) electrons. The van der Waals surface area contributed by atoms with Crippen LogP contribution in [0.15, 0.2) is 48.5 Å². The highest BCUT2D eigenvalue weighted by Crippen LogP contribution is 2.31. The van der Waals surface area contributed by atoms with Crippen LogP contribution >= 0.6 is 0 Å². The number of hydrogen-bond donors (Lipinski definition) is 2. The zero-order chi connectivity index (χ0) is 15.2. The van der Waals surface area contributed by atoms with E-state index in [1.807, 2.05) is 48.5 Å². The quantitative estimate of drug-likeness (QED) is 0.652. The molecule has 0 saturated carbocycles. The summed E-state index contributed by atoms with van der Waals surface area (Å²) in [6, 6.07) is 15.8. The topological polar surface area (TPSA) is 58.5 Å². The van der Waals surface area contributed by atoms with Gasteiger partial charge < -0.3 is 14.4 Å². The normalized spacial score (nSPS) is 14.9. The van der Waals surface area contributed by atoms with Gasteiger partial charge in [0.25, 0.3) is 0 Å². The van der Waals surface area contributed by atoms with Crippen LogP contribution in [0.2, 0.25) is 0 Å². The molecule has 116 valence electrons. The Hall–Kier alpha value is -2.08. The first kappa shape index (κ1) is 14.8. The molecule has 1 heterocycles. The first-order valence-corrected chi connectivity index (χ1v) is 7.48. The summed E-state index contributed by atoms with van der Waals surface area (Å²) >= 11 is 0. The zero-order valence-corrected chi connectivity index (χ0v) is 12.4. The van der Waals surface area contributed by atoms with Gasteiger partial charge in [-0.15, -0.1) is 0 Å². The van der Waals surface area contributed by atoms with Crippen molar-refractivity contribution in [2.45, 2.75) is 6.61 Å². The van der Waals surface area contributed by atoms with Gasteiger partial charge in [0, 0.05) is 25.2 Å². The number of nitrogens with zero attached hydrogens (tertiary/aromatic N) is 1. The lowest BCUT2D eigenvalue weighted by Crippen LogP contribution is -2.73. The first-order chi connectivity index (χ1) is 10.9. The van der Waals surface area contributed by atoms with E-state index >= 15 is 0 Å². The lowest BCUT2D eigenvalue weighted by Gasteiger charge is -2.30. The van der Waals surface area contributed by atoms with Crippen LogP contribution in [0, 0.1) is 0 Å². The standard InChI is InChI=1S/C17H20N2O3/c20-18-15-6-7-16(19-8-10-21-11-9-19)17(12-15)22-13-14-4-2-1-3-5-14/h1-7,12,18,20H,8-11,13H2/p+1. The Morgan fingerprint density at radius 3 is 2.59 bits per heavy atom.